The molecule has 1 saturated heterocycles. The van der Waals surface area contributed by atoms with Gasteiger partial charge in [-0.2, -0.15) is 0 Å². The van der Waals surface area contributed by atoms with E-state index in [0.717, 1.165) is 30.5 Å². The lowest BCUT2D eigenvalue weighted by atomic mass is 9.86. The van der Waals surface area contributed by atoms with E-state index in [9.17, 15) is 4.79 Å². The van der Waals surface area contributed by atoms with Crippen molar-refractivity contribution in [2.24, 2.45) is 0 Å². The molecule has 1 heterocycles. The molecule has 0 radical (unpaired) electrons. The first-order valence-corrected chi connectivity index (χ1v) is 8.26. The zero-order chi connectivity index (χ0) is 16.1. The minimum atomic E-state index is -0.231. The van der Waals surface area contributed by atoms with Gasteiger partial charge in [0.2, 0.25) is 0 Å². The number of ether oxygens (including phenoxy) is 1. The Bertz CT molecular complexity index is 630. The minimum Gasteiger partial charge on any atom is -0.469 e. The summed E-state index contributed by atoms with van der Waals surface area (Å²) < 4.78 is 5.06. The Morgan fingerprint density at radius 2 is 1.74 bits per heavy atom. The highest BCUT2D eigenvalue weighted by atomic mass is 16.5. The molecule has 120 valence electrons. The lowest BCUT2D eigenvalue weighted by Gasteiger charge is -2.30. The molecule has 1 aliphatic heterocycles. The van der Waals surface area contributed by atoms with Crippen molar-refractivity contribution in [1.82, 2.24) is 5.32 Å². The maximum absolute atomic E-state index is 12.3. The zero-order valence-electron chi connectivity index (χ0n) is 13.5. The maximum atomic E-state index is 12.3. The number of benzene rings is 2. The van der Waals surface area contributed by atoms with Crippen LogP contribution < -0.4 is 5.32 Å². The van der Waals surface area contributed by atoms with Crippen molar-refractivity contribution in [2.75, 3.05) is 13.7 Å². The average Bonchev–Trinajstić information content (AvgIpc) is 2.64. The highest BCUT2D eigenvalue weighted by Gasteiger charge is 2.31. The first-order valence-electron chi connectivity index (χ1n) is 8.26. The normalized spacial score (nSPS) is 19.1. The molecule has 0 spiro atoms. The van der Waals surface area contributed by atoms with E-state index in [1.54, 1.807) is 0 Å². The lowest BCUT2D eigenvalue weighted by Crippen LogP contribution is -2.42. The van der Waals surface area contributed by atoms with Crippen molar-refractivity contribution in [3.8, 4) is 11.1 Å². The van der Waals surface area contributed by atoms with Crippen LogP contribution in [0.3, 0.4) is 0 Å². The van der Waals surface area contributed by atoms with Crippen LogP contribution in [0.25, 0.3) is 11.1 Å². The van der Waals surface area contributed by atoms with Gasteiger partial charge in [-0.3, -0.25) is 4.79 Å². The highest BCUT2D eigenvalue weighted by molar-refractivity contribution is 5.79. The number of hydrogen-bond acceptors (Lipinski definition) is 3. The smallest absolute Gasteiger partial charge is 0.314 e. The molecule has 1 unspecified atom stereocenters. The Balaban J connectivity index is 1.86. The lowest BCUT2D eigenvalue weighted by molar-refractivity contribution is -0.143. The van der Waals surface area contributed by atoms with Gasteiger partial charge < -0.3 is 10.1 Å². The summed E-state index contributed by atoms with van der Waals surface area (Å²) in [6.45, 7) is 0.972. The van der Waals surface area contributed by atoms with Gasteiger partial charge in [0.05, 0.1) is 13.0 Å². The first kappa shape index (κ1) is 15.8. The number of methoxy groups -OCH3 is 1. The van der Waals surface area contributed by atoms with Crippen molar-refractivity contribution in [3.05, 3.63) is 60.2 Å². The molecule has 0 amide bonds. The Morgan fingerprint density at radius 3 is 2.35 bits per heavy atom. The molecule has 2 atom stereocenters. The summed E-state index contributed by atoms with van der Waals surface area (Å²) in [5.74, 6) is -0.387. The number of rotatable bonds is 4. The van der Waals surface area contributed by atoms with Crippen LogP contribution in [-0.4, -0.2) is 25.7 Å². The van der Waals surface area contributed by atoms with Crippen LogP contribution in [0.5, 0.6) is 0 Å². The van der Waals surface area contributed by atoms with E-state index >= 15 is 0 Å². The SMILES string of the molecule is COC(=O)C(c1ccc(-c2ccccc2)cc1)[C@@H]1CCCCN1. The van der Waals surface area contributed by atoms with Crippen LogP contribution in [0.15, 0.2) is 54.6 Å². The fourth-order valence-corrected chi connectivity index (χ4v) is 3.34. The predicted molar refractivity (Wildman–Crippen MR) is 92.3 cm³/mol. The zero-order valence-corrected chi connectivity index (χ0v) is 13.5. The van der Waals surface area contributed by atoms with Crippen LogP contribution in [0.2, 0.25) is 0 Å². The van der Waals surface area contributed by atoms with Crippen molar-refractivity contribution in [3.63, 3.8) is 0 Å². The van der Waals surface area contributed by atoms with Crippen LogP contribution >= 0.6 is 0 Å². The van der Waals surface area contributed by atoms with E-state index in [0.29, 0.717) is 0 Å². The third kappa shape index (κ3) is 3.62. The molecule has 3 nitrogen and oxygen atoms in total. The third-order valence-corrected chi connectivity index (χ3v) is 4.58. The minimum absolute atomic E-state index is 0.156. The van der Waals surface area contributed by atoms with E-state index in [1.165, 1.54) is 19.1 Å². The molecule has 0 saturated carbocycles. The van der Waals surface area contributed by atoms with Gasteiger partial charge in [-0.15, -0.1) is 0 Å². The second kappa shape index (κ2) is 7.42. The molecular weight excluding hydrogens is 286 g/mol. The van der Waals surface area contributed by atoms with Gasteiger partial charge >= 0.3 is 5.97 Å². The Morgan fingerprint density at radius 1 is 1.04 bits per heavy atom. The van der Waals surface area contributed by atoms with Gasteiger partial charge in [-0.1, -0.05) is 61.0 Å². The monoisotopic (exact) mass is 309 g/mol. The molecule has 1 fully saturated rings. The summed E-state index contributed by atoms with van der Waals surface area (Å²) in [5.41, 5.74) is 3.37. The average molecular weight is 309 g/mol. The standard InChI is InChI=1S/C20H23NO2/c1-23-20(22)19(18-9-5-6-14-21-18)17-12-10-16(11-13-17)15-7-3-2-4-8-15/h2-4,7-8,10-13,18-19,21H,5-6,9,14H2,1H3/t18-,19?/m0/s1. The highest BCUT2D eigenvalue weighted by Crippen LogP contribution is 2.28. The topological polar surface area (TPSA) is 38.3 Å². The molecule has 1 aliphatic rings. The summed E-state index contributed by atoms with van der Waals surface area (Å²) >= 11 is 0. The van der Waals surface area contributed by atoms with Gasteiger partial charge in [0.15, 0.2) is 0 Å². The molecule has 2 aromatic rings. The van der Waals surface area contributed by atoms with E-state index in [1.807, 2.05) is 18.2 Å². The molecule has 3 heteroatoms. The maximum Gasteiger partial charge on any atom is 0.314 e. The van der Waals surface area contributed by atoms with Crippen LogP contribution in [0.1, 0.15) is 30.7 Å². The Kier molecular flexibility index (Phi) is 5.09. The molecule has 3 rings (SSSR count). The van der Waals surface area contributed by atoms with Crippen molar-refractivity contribution >= 4 is 5.97 Å². The molecular formula is C20H23NO2. The fourth-order valence-electron chi connectivity index (χ4n) is 3.34. The largest absolute Gasteiger partial charge is 0.469 e. The number of esters is 1. The Labute approximate surface area is 137 Å². The van der Waals surface area contributed by atoms with Crippen LogP contribution in [-0.2, 0) is 9.53 Å². The molecule has 2 aromatic carbocycles. The van der Waals surface area contributed by atoms with Gasteiger partial charge in [-0.05, 0) is 36.1 Å². The van der Waals surface area contributed by atoms with Gasteiger partial charge in [-0.25, -0.2) is 0 Å². The molecule has 0 aromatic heterocycles. The number of hydrogen-bond donors (Lipinski definition) is 1. The van der Waals surface area contributed by atoms with Gasteiger partial charge in [0, 0.05) is 6.04 Å². The second-order valence-corrected chi connectivity index (χ2v) is 6.05. The van der Waals surface area contributed by atoms with E-state index in [4.69, 9.17) is 4.74 Å². The molecule has 23 heavy (non-hydrogen) atoms. The quantitative estimate of drug-likeness (QED) is 0.874. The van der Waals surface area contributed by atoms with Gasteiger partial charge in [0.25, 0.3) is 0 Å². The Hall–Kier alpha value is -2.13. The number of carbonyl (C=O) groups is 1. The second-order valence-electron chi connectivity index (χ2n) is 6.05. The molecule has 0 aliphatic carbocycles. The van der Waals surface area contributed by atoms with Crippen molar-refractivity contribution < 1.29 is 9.53 Å². The van der Waals surface area contributed by atoms with Crippen molar-refractivity contribution in [2.45, 2.75) is 31.2 Å². The summed E-state index contributed by atoms with van der Waals surface area (Å²) in [6.07, 6.45) is 3.35. The van der Waals surface area contributed by atoms with E-state index in [2.05, 4.69) is 41.7 Å². The molecule has 1 N–H and O–H groups in total. The molecule has 0 bridgehead atoms. The fraction of sp³-hybridized carbons (Fsp3) is 0.350. The first-order chi connectivity index (χ1) is 11.3. The summed E-state index contributed by atoms with van der Waals surface area (Å²) in [6, 6.07) is 18.7. The number of carbonyl (C=O) groups excluding carboxylic acids is 1. The number of nitrogens with one attached hydrogen (secondary N) is 1. The van der Waals surface area contributed by atoms with Crippen molar-refractivity contribution in [1.29, 1.82) is 0 Å². The van der Waals surface area contributed by atoms with E-state index < -0.39 is 0 Å². The summed E-state index contributed by atoms with van der Waals surface area (Å²) in [5, 5.41) is 3.48. The summed E-state index contributed by atoms with van der Waals surface area (Å²) in [4.78, 5) is 12.3. The predicted octanol–water partition coefficient (Wildman–Crippen LogP) is 3.75. The van der Waals surface area contributed by atoms with Crippen LogP contribution in [0, 0.1) is 0 Å². The summed E-state index contributed by atoms with van der Waals surface area (Å²) in [7, 11) is 1.47. The van der Waals surface area contributed by atoms with Crippen LogP contribution in [0.4, 0.5) is 0 Å². The third-order valence-electron chi connectivity index (χ3n) is 4.58. The number of piperidine rings is 1. The van der Waals surface area contributed by atoms with Gasteiger partial charge in [0.1, 0.15) is 0 Å². The van der Waals surface area contributed by atoms with E-state index in [-0.39, 0.29) is 17.9 Å².